The molecule has 15 heavy (non-hydrogen) atoms. The first-order valence-electron chi connectivity index (χ1n) is 5.40. The molecule has 1 heteroatoms. The van der Waals surface area contributed by atoms with Gasteiger partial charge in [0.05, 0.1) is 12.0 Å². The van der Waals surface area contributed by atoms with E-state index in [0.717, 1.165) is 18.4 Å². The lowest BCUT2D eigenvalue weighted by Crippen LogP contribution is -1.90. The summed E-state index contributed by atoms with van der Waals surface area (Å²) in [6.45, 7) is 4.17. The smallest absolute Gasteiger partial charge is 0.0697 e. The van der Waals surface area contributed by atoms with E-state index >= 15 is 0 Å². The van der Waals surface area contributed by atoms with Crippen LogP contribution in [0.2, 0.25) is 0 Å². The Balaban J connectivity index is 2.64. The summed E-state index contributed by atoms with van der Waals surface area (Å²) in [7, 11) is 0. The second-order valence-electron chi connectivity index (χ2n) is 3.79. The normalized spacial score (nSPS) is 12.6. The second-order valence-corrected chi connectivity index (χ2v) is 3.79. The second kappa shape index (κ2) is 6.03. The van der Waals surface area contributed by atoms with Crippen molar-refractivity contribution in [3.63, 3.8) is 0 Å². The molecule has 1 atom stereocenters. The maximum Gasteiger partial charge on any atom is 0.0697 e. The zero-order chi connectivity index (χ0) is 11.1. The summed E-state index contributed by atoms with van der Waals surface area (Å²) in [5, 5.41) is 8.88. The van der Waals surface area contributed by atoms with Crippen molar-refractivity contribution in [1.82, 2.24) is 0 Å². The number of hydrogen-bond donors (Lipinski definition) is 0. The van der Waals surface area contributed by atoms with Gasteiger partial charge in [0.2, 0.25) is 0 Å². The van der Waals surface area contributed by atoms with Crippen molar-refractivity contribution in [3.8, 4) is 6.07 Å². The van der Waals surface area contributed by atoms with Crippen molar-refractivity contribution in [2.45, 2.75) is 26.7 Å². The van der Waals surface area contributed by atoms with Crippen molar-refractivity contribution in [2.24, 2.45) is 5.92 Å². The molecule has 0 heterocycles. The van der Waals surface area contributed by atoms with Gasteiger partial charge in [0.15, 0.2) is 0 Å². The molecule has 1 nitrogen and oxygen atoms in total. The largest absolute Gasteiger partial charge is 0.198 e. The predicted molar refractivity (Wildman–Crippen MR) is 64.2 cm³/mol. The first-order valence-corrected chi connectivity index (χ1v) is 5.40. The van der Waals surface area contributed by atoms with Crippen molar-refractivity contribution in [3.05, 3.63) is 41.5 Å². The molecule has 1 unspecified atom stereocenters. The Hall–Kier alpha value is -1.55. The highest BCUT2D eigenvalue weighted by atomic mass is 14.3. The summed E-state index contributed by atoms with van der Waals surface area (Å²) in [6.07, 6.45) is 6.02. The van der Waals surface area contributed by atoms with Crippen LogP contribution in [0.3, 0.4) is 0 Å². The molecular formula is C14H17N. The molecule has 0 N–H and O–H groups in total. The van der Waals surface area contributed by atoms with E-state index in [9.17, 15) is 0 Å². The average Bonchev–Trinajstić information content (AvgIpc) is 2.26. The van der Waals surface area contributed by atoms with Crippen LogP contribution in [-0.2, 0) is 0 Å². The molecule has 0 aliphatic carbocycles. The molecule has 0 fully saturated rings. The maximum absolute atomic E-state index is 8.88. The minimum Gasteiger partial charge on any atom is -0.198 e. The van der Waals surface area contributed by atoms with Crippen LogP contribution in [-0.4, -0.2) is 0 Å². The van der Waals surface area contributed by atoms with Crippen molar-refractivity contribution < 1.29 is 0 Å². The van der Waals surface area contributed by atoms with E-state index in [1.807, 2.05) is 12.2 Å². The van der Waals surface area contributed by atoms with Gasteiger partial charge < -0.3 is 0 Å². The van der Waals surface area contributed by atoms with Gasteiger partial charge in [-0.25, -0.2) is 0 Å². The van der Waals surface area contributed by atoms with Gasteiger partial charge in [-0.15, -0.1) is 0 Å². The van der Waals surface area contributed by atoms with E-state index in [0.29, 0.717) is 0 Å². The molecule has 0 aliphatic rings. The highest BCUT2D eigenvalue weighted by Gasteiger charge is 1.99. The Labute approximate surface area is 92.1 Å². The van der Waals surface area contributed by atoms with Gasteiger partial charge in [0.1, 0.15) is 0 Å². The van der Waals surface area contributed by atoms with Crippen LogP contribution >= 0.6 is 0 Å². The van der Waals surface area contributed by atoms with Crippen molar-refractivity contribution in [2.75, 3.05) is 0 Å². The molecule has 1 aromatic rings. The van der Waals surface area contributed by atoms with Gasteiger partial charge in [-0.2, -0.15) is 5.26 Å². The van der Waals surface area contributed by atoms with E-state index in [-0.39, 0.29) is 5.92 Å². The van der Waals surface area contributed by atoms with Crippen LogP contribution in [0.25, 0.3) is 6.08 Å². The molecule has 0 spiro atoms. The van der Waals surface area contributed by atoms with Gasteiger partial charge in [0, 0.05) is 0 Å². The topological polar surface area (TPSA) is 23.8 Å². The third kappa shape index (κ3) is 3.99. The van der Waals surface area contributed by atoms with Crippen LogP contribution in [0, 0.1) is 24.2 Å². The third-order valence-corrected chi connectivity index (χ3v) is 2.36. The molecule has 0 aromatic heterocycles. The summed E-state index contributed by atoms with van der Waals surface area (Å²) in [6, 6.07) is 10.6. The Morgan fingerprint density at radius 2 is 2.00 bits per heavy atom. The van der Waals surface area contributed by atoms with Crippen LogP contribution < -0.4 is 0 Å². The number of benzene rings is 1. The fourth-order valence-electron chi connectivity index (χ4n) is 1.42. The number of rotatable bonds is 4. The summed E-state index contributed by atoms with van der Waals surface area (Å²) in [5.41, 5.74) is 2.43. The molecule has 1 rings (SSSR count). The highest BCUT2D eigenvalue weighted by molar-refractivity contribution is 5.50. The number of hydrogen-bond acceptors (Lipinski definition) is 1. The number of nitriles is 1. The van der Waals surface area contributed by atoms with Crippen molar-refractivity contribution in [1.29, 1.82) is 5.26 Å². The summed E-state index contributed by atoms with van der Waals surface area (Å²) in [5.74, 6) is 0.0521. The predicted octanol–water partition coefficient (Wildman–Crippen LogP) is 3.95. The molecule has 0 aliphatic heterocycles. The van der Waals surface area contributed by atoms with E-state index in [1.54, 1.807) is 0 Å². The van der Waals surface area contributed by atoms with Crippen LogP contribution in [0.15, 0.2) is 30.3 Å². The number of nitrogens with zero attached hydrogens (tertiary/aromatic N) is 1. The molecular weight excluding hydrogens is 182 g/mol. The van der Waals surface area contributed by atoms with Crippen LogP contribution in [0.5, 0.6) is 0 Å². The van der Waals surface area contributed by atoms with E-state index < -0.39 is 0 Å². The van der Waals surface area contributed by atoms with Crippen LogP contribution in [0.4, 0.5) is 0 Å². The third-order valence-electron chi connectivity index (χ3n) is 2.36. The van der Waals surface area contributed by atoms with E-state index in [4.69, 9.17) is 5.26 Å². The van der Waals surface area contributed by atoms with Gasteiger partial charge in [0.25, 0.3) is 0 Å². The molecule has 0 amide bonds. The number of aryl methyl sites for hydroxylation is 1. The fraction of sp³-hybridized carbons (Fsp3) is 0.357. The Bertz CT molecular complexity index is 354. The van der Waals surface area contributed by atoms with Gasteiger partial charge in [-0.3, -0.25) is 0 Å². The summed E-state index contributed by atoms with van der Waals surface area (Å²) >= 11 is 0. The molecule has 78 valence electrons. The summed E-state index contributed by atoms with van der Waals surface area (Å²) < 4.78 is 0. The molecule has 0 bridgehead atoms. The minimum atomic E-state index is 0.0521. The zero-order valence-corrected chi connectivity index (χ0v) is 9.40. The zero-order valence-electron chi connectivity index (χ0n) is 9.40. The maximum atomic E-state index is 8.88. The quantitative estimate of drug-likeness (QED) is 0.720. The fourth-order valence-corrected chi connectivity index (χ4v) is 1.42. The standard InChI is InChI=1S/C14H17N/c1-3-4-14(11-15)10-9-13-7-5-12(2)6-8-13/h5-10,14H,3-4H2,1-2H3/b10-9+. The Kier molecular flexibility index (Phi) is 4.63. The lowest BCUT2D eigenvalue weighted by atomic mass is 10.0. The number of allylic oxidation sites excluding steroid dienone is 1. The van der Waals surface area contributed by atoms with E-state index in [1.165, 1.54) is 5.56 Å². The summed E-state index contributed by atoms with van der Waals surface area (Å²) in [4.78, 5) is 0. The van der Waals surface area contributed by atoms with Gasteiger partial charge >= 0.3 is 0 Å². The first kappa shape index (κ1) is 11.5. The highest BCUT2D eigenvalue weighted by Crippen LogP contribution is 2.11. The lowest BCUT2D eigenvalue weighted by Gasteiger charge is -2.00. The Morgan fingerprint density at radius 3 is 2.53 bits per heavy atom. The van der Waals surface area contributed by atoms with E-state index in [2.05, 4.69) is 44.2 Å². The van der Waals surface area contributed by atoms with Crippen LogP contribution in [0.1, 0.15) is 30.9 Å². The molecule has 0 saturated carbocycles. The van der Waals surface area contributed by atoms with Crippen molar-refractivity contribution >= 4 is 6.08 Å². The molecule has 1 aromatic carbocycles. The first-order chi connectivity index (χ1) is 7.26. The molecule has 0 radical (unpaired) electrons. The SMILES string of the molecule is CCCC(C#N)/C=C/c1ccc(C)cc1. The van der Waals surface area contributed by atoms with Gasteiger partial charge in [-0.1, -0.05) is 55.3 Å². The average molecular weight is 199 g/mol. The van der Waals surface area contributed by atoms with Gasteiger partial charge in [-0.05, 0) is 18.9 Å². The lowest BCUT2D eigenvalue weighted by molar-refractivity contribution is 0.704. The minimum absolute atomic E-state index is 0.0521. The molecule has 0 saturated heterocycles. The Morgan fingerprint density at radius 1 is 1.33 bits per heavy atom. The monoisotopic (exact) mass is 199 g/mol.